The first-order chi connectivity index (χ1) is 12.8. The Morgan fingerprint density at radius 3 is 2.30 bits per heavy atom. The van der Waals surface area contributed by atoms with Crippen molar-refractivity contribution in [1.29, 1.82) is 0 Å². The van der Waals surface area contributed by atoms with Crippen molar-refractivity contribution in [2.24, 2.45) is 5.92 Å². The van der Waals surface area contributed by atoms with E-state index < -0.39 is 21.8 Å². The van der Waals surface area contributed by atoms with Gasteiger partial charge in [0.15, 0.2) is 0 Å². The van der Waals surface area contributed by atoms with Gasteiger partial charge in [0.1, 0.15) is 5.75 Å². The second-order valence-corrected chi connectivity index (χ2v) is 8.10. The minimum atomic E-state index is -3.66. The van der Waals surface area contributed by atoms with E-state index >= 15 is 0 Å². The molecule has 7 nitrogen and oxygen atoms in total. The molecule has 2 amide bonds. The number of nitrogens with zero attached hydrogens (tertiary/aromatic N) is 1. The van der Waals surface area contributed by atoms with Gasteiger partial charge < -0.3 is 10.1 Å². The van der Waals surface area contributed by atoms with E-state index in [0.29, 0.717) is 23.6 Å². The summed E-state index contributed by atoms with van der Waals surface area (Å²) in [6.45, 7) is 4.03. The van der Waals surface area contributed by atoms with Crippen LogP contribution in [-0.2, 0) is 14.8 Å². The Morgan fingerprint density at radius 2 is 1.78 bits per heavy atom. The number of hydrogen-bond donors (Lipinski definition) is 1. The Balaban J connectivity index is 1.73. The fourth-order valence-electron chi connectivity index (χ4n) is 2.84. The predicted octanol–water partition coefficient (Wildman–Crippen LogP) is 2.65. The van der Waals surface area contributed by atoms with Gasteiger partial charge in [-0.3, -0.25) is 9.59 Å². The summed E-state index contributed by atoms with van der Waals surface area (Å²) >= 11 is 0. The summed E-state index contributed by atoms with van der Waals surface area (Å²) in [6, 6.07) is 12.9. The number of rotatable bonds is 5. The second-order valence-electron chi connectivity index (χ2n) is 6.24. The summed E-state index contributed by atoms with van der Waals surface area (Å²) in [7, 11) is -3.66. The second kappa shape index (κ2) is 7.40. The van der Waals surface area contributed by atoms with Crippen molar-refractivity contribution < 1.29 is 22.7 Å². The van der Waals surface area contributed by atoms with Crippen LogP contribution in [0.2, 0.25) is 0 Å². The number of carbonyl (C=O) groups excluding carboxylic acids is 2. The van der Waals surface area contributed by atoms with Crippen LogP contribution >= 0.6 is 0 Å². The number of hydrogen-bond acceptors (Lipinski definition) is 5. The smallest absolute Gasteiger partial charge is 0.255 e. The Labute approximate surface area is 158 Å². The first-order valence-electron chi connectivity index (χ1n) is 8.53. The van der Waals surface area contributed by atoms with Crippen LogP contribution in [0.5, 0.6) is 5.75 Å². The number of benzene rings is 2. The van der Waals surface area contributed by atoms with Crippen LogP contribution in [0, 0.1) is 5.92 Å². The maximum Gasteiger partial charge on any atom is 0.255 e. The largest absolute Gasteiger partial charge is 0.494 e. The lowest BCUT2D eigenvalue weighted by atomic mass is 10.1. The molecule has 1 unspecified atom stereocenters. The summed E-state index contributed by atoms with van der Waals surface area (Å²) in [6.07, 6.45) is 0. The molecule has 2 aromatic rings. The summed E-state index contributed by atoms with van der Waals surface area (Å²) in [5.74, 6) is -0.856. The average Bonchev–Trinajstić information content (AvgIpc) is 2.84. The highest BCUT2D eigenvalue weighted by atomic mass is 32.2. The van der Waals surface area contributed by atoms with Crippen LogP contribution in [0.1, 0.15) is 24.2 Å². The van der Waals surface area contributed by atoms with Gasteiger partial charge in [0.25, 0.3) is 5.91 Å². The average molecular weight is 388 g/mol. The van der Waals surface area contributed by atoms with Gasteiger partial charge in [0.05, 0.1) is 24.0 Å². The molecular formula is C19H20N2O5S. The summed E-state index contributed by atoms with van der Waals surface area (Å²) in [5.41, 5.74) is 1.20. The van der Waals surface area contributed by atoms with E-state index in [4.69, 9.17) is 4.74 Å². The molecular weight excluding hydrogens is 368 g/mol. The van der Waals surface area contributed by atoms with Crippen molar-refractivity contribution in [1.82, 2.24) is 0 Å². The molecule has 1 atom stereocenters. The third-order valence-electron chi connectivity index (χ3n) is 4.15. The van der Waals surface area contributed by atoms with E-state index in [1.807, 2.05) is 6.92 Å². The van der Waals surface area contributed by atoms with Gasteiger partial charge in [-0.25, -0.2) is 12.7 Å². The molecule has 0 aromatic heterocycles. The molecule has 0 bridgehead atoms. The van der Waals surface area contributed by atoms with Crippen molar-refractivity contribution in [3.63, 3.8) is 0 Å². The predicted molar refractivity (Wildman–Crippen MR) is 102 cm³/mol. The van der Waals surface area contributed by atoms with Crippen LogP contribution in [0.25, 0.3) is 0 Å². The van der Waals surface area contributed by atoms with Crippen LogP contribution in [0.4, 0.5) is 11.4 Å². The molecule has 1 aliphatic rings. The minimum absolute atomic E-state index is 0.203. The monoisotopic (exact) mass is 388 g/mol. The van der Waals surface area contributed by atoms with E-state index in [1.54, 1.807) is 31.2 Å². The third kappa shape index (κ3) is 3.95. The molecule has 142 valence electrons. The Hall–Kier alpha value is -2.87. The van der Waals surface area contributed by atoms with Crippen LogP contribution in [0.3, 0.4) is 0 Å². The highest BCUT2D eigenvalue weighted by molar-refractivity contribution is 7.94. The first-order valence-corrected chi connectivity index (χ1v) is 10.1. The van der Waals surface area contributed by atoms with Gasteiger partial charge in [-0.05, 0) is 55.5 Å². The molecule has 0 aliphatic carbocycles. The lowest BCUT2D eigenvalue weighted by Crippen LogP contribution is -2.30. The van der Waals surface area contributed by atoms with Crippen molar-refractivity contribution in [3.05, 3.63) is 54.1 Å². The molecule has 0 radical (unpaired) electrons. The quantitative estimate of drug-likeness (QED) is 0.850. The van der Waals surface area contributed by atoms with Crippen molar-refractivity contribution in [3.8, 4) is 5.75 Å². The van der Waals surface area contributed by atoms with Crippen molar-refractivity contribution >= 4 is 33.2 Å². The van der Waals surface area contributed by atoms with E-state index in [1.165, 1.54) is 24.3 Å². The molecule has 0 saturated carbocycles. The van der Waals surface area contributed by atoms with Crippen LogP contribution in [-0.4, -0.2) is 32.6 Å². The molecule has 1 heterocycles. The van der Waals surface area contributed by atoms with Gasteiger partial charge in [0, 0.05) is 11.3 Å². The van der Waals surface area contributed by atoms with E-state index in [-0.39, 0.29) is 17.3 Å². The summed E-state index contributed by atoms with van der Waals surface area (Å²) in [4.78, 5) is 24.5. The Kier molecular flexibility index (Phi) is 5.18. The Morgan fingerprint density at radius 1 is 1.15 bits per heavy atom. The van der Waals surface area contributed by atoms with Crippen LogP contribution < -0.4 is 14.4 Å². The SMILES string of the molecule is CCOc1ccc(NC(=O)c2ccc(N3C(=O)C(C)CS3(=O)=O)cc2)cc1. The van der Waals surface area contributed by atoms with E-state index in [2.05, 4.69) is 5.32 Å². The molecule has 0 spiro atoms. The standard InChI is InChI=1S/C19H20N2O5S/c1-3-26-17-10-6-15(7-11-17)20-18(22)14-4-8-16(9-5-14)21-19(23)13(2)12-27(21,24)25/h4-11,13H,3,12H2,1-2H3,(H,20,22). The van der Waals surface area contributed by atoms with Crippen LogP contribution in [0.15, 0.2) is 48.5 Å². The van der Waals surface area contributed by atoms with Gasteiger partial charge >= 0.3 is 0 Å². The lowest BCUT2D eigenvalue weighted by molar-refractivity contribution is -0.119. The first kappa shape index (κ1) is 18.9. The zero-order valence-corrected chi connectivity index (χ0v) is 15.8. The van der Waals surface area contributed by atoms with E-state index in [0.717, 1.165) is 4.31 Å². The zero-order chi connectivity index (χ0) is 19.6. The lowest BCUT2D eigenvalue weighted by Gasteiger charge is -2.15. The van der Waals surface area contributed by atoms with Gasteiger partial charge in [0.2, 0.25) is 15.9 Å². The molecule has 2 aromatic carbocycles. The maximum atomic E-state index is 12.4. The number of anilines is 2. The zero-order valence-electron chi connectivity index (χ0n) is 15.0. The van der Waals surface area contributed by atoms with E-state index in [9.17, 15) is 18.0 Å². The Bertz CT molecular complexity index is 953. The molecule has 1 aliphatic heterocycles. The molecule has 27 heavy (non-hydrogen) atoms. The van der Waals surface area contributed by atoms with Crippen molar-refractivity contribution in [2.75, 3.05) is 22.0 Å². The summed E-state index contributed by atoms with van der Waals surface area (Å²) < 4.78 is 30.4. The van der Waals surface area contributed by atoms with Gasteiger partial charge in [-0.15, -0.1) is 0 Å². The highest BCUT2D eigenvalue weighted by Crippen LogP contribution is 2.28. The number of amides is 2. The van der Waals surface area contributed by atoms with Crippen molar-refractivity contribution in [2.45, 2.75) is 13.8 Å². The fraction of sp³-hybridized carbons (Fsp3) is 0.263. The van der Waals surface area contributed by atoms with Gasteiger partial charge in [-0.1, -0.05) is 6.92 Å². The topological polar surface area (TPSA) is 92.8 Å². The number of ether oxygens (including phenoxy) is 1. The molecule has 1 fully saturated rings. The maximum absolute atomic E-state index is 12.4. The highest BCUT2D eigenvalue weighted by Gasteiger charge is 2.41. The number of nitrogens with one attached hydrogen (secondary N) is 1. The third-order valence-corrected chi connectivity index (χ3v) is 6.02. The normalized spacial score (nSPS) is 18.4. The van der Waals surface area contributed by atoms with Gasteiger partial charge in [-0.2, -0.15) is 0 Å². The molecule has 1 saturated heterocycles. The fourth-order valence-corrected chi connectivity index (χ4v) is 4.66. The molecule has 1 N–H and O–H groups in total. The molecule has 8 heteroatoms. The minimum Gasteiger partial charge on any atom is -0.494 e. The summed E-state index contributed by atoms with van der Waals surface area (Å²) in [5, 5.41) is 2.76. The number of sulfonamides is 1. The molecule has 3 rings (SSSR count). The number of carbonyl (C=O) groups is 2.